The Balaban J connectivity index is 2.92. The van der Waals surface area contributed by atoms with Crippen LogP contribution >= 0.6 is 11.6 Å². The third kappa shape index (κ3) is 4.31. The number of ether oxygens (including phenoxy) is 2. The summed E-state index contributed by atoms with van der Waals surface area (Å²) in [6, 6.07) is 2.67. The van der Waals surface area contributed by atoms with Crippen molar-refractivity contribution in [3.05, 3.63) is 22.7 Å². The minimum absolute atomic E-state index is 0.0175. The molecule has 0 unspecified atom stereocenters. The maximum Gasteiger partial charge on any atom is 0.339 e. The van der Waals surface area contributed by atoms with Crippen LogP contribution in [0.25, 0.3) is 0 Å². The van der Waals surface area contributed by atoms with E-state index in [0.717, 1.165) is 6.42 Å². The first-order chi connectivity index (χ1) is 9.49. The fourth-order valence-electron chi connectivity index (χ4n) is 1.48. The van der Waals surface area contributed by atoms with E-state index in [9.17, 15) is 9.59 Å². The van der Waals surface area contributed by atoms with Crippen LogP contribution in [0, 0.1) is 0 Å². The summed E-state index contributed by atoms with van der Waals surface area (Å²) in [6.45, 7) is 2.16. The third-order valence-electron chi connectivity index (χ3n) is 2.39. The minimum Gasteiger partial charge on any atom is -0.493 e. The van der Waals surface area contributed by atoms with Crippen LogP contribution in [0.1, 0.15) is 23.7 Å². The number of benzene rings is 1. The summed E-state index contributed by atoms with van der Waals surface area (Å²) in [5.41, 5.74) is -0.155. The number of carbonyl (C=O) groups excluding carboxylic acids is 1. The Hall–Kier alpha value is -1.95. The van der Waals surface area contributed by atoms with Gasteiger partial charge in [0.1, 0.15) is 5.56 Å². The lowest BCUT2D eigenvalue weighted by Crippen LogP contribution is -2.29. The Bertz CT molecular complexity index is 504. The monoisotopic (exact) mass is 301 g/mol. The molecule has 6 nitrogen and oxygen atoms in total. The molecule has 1 amide bonds. The van der Waals surface area contributed by atoms with Crippen LogP contribution in [-0.4, -0.2) is 37.2 Å². The van der Waals surface area contributed by atoms with Crippen molar-refractivity contribution >= 4 is 23.5 Å². The van der Waals surface area contributed by atoms with E-state index in [1.54, 1.807) is 0 Å². The zero-order valence-electron chi connectivity index (χ0n) is 11.2. The molecule has 7 heteroatoms. The van der Waals surface area contributed by atoms with Crippen LogP contribution in [0.2, 0.25) is 5.02 Å². The standard InChI is InChI=1S/C13H16ClNO5/c1-3-4-15-11(16)7-20-12-9(13(17)18)5-8(14)6-10(12)19-2/h5-6H,3-4,7H2,1-2H3,(H,15,16)(H,17,18). The maximum atomic E-state index is 11.5. The van der Waals surface area contributed by atoms with Crippen molar-refractivity contribution < 1.29 is 24.2 Å². The molecule has 0 spiro atoms. The van der Waals surface area contributed by atoms with Gasteiger partial charge in [-0.1, -0.05) is 18.5 Å². The van der Waals surface area contributed by atoms with E-state index in [0.29, 0.717) is 6.54 Å². The molecule has 0 aromatic heterocycles. The molecule has 0 saturated carbocycles. The van der Waals surface area contributed by atoms with Crippen LogP contribution in [-0.2, 0) is 4.79 Å². The van der Waals surface area contributed by atoms with E-state index in [1.165, 1.54) is 19.2 Å². The lowest BCUT2D eigenvalue weighted by molar-refractivity contribution is -0.123. The van der Waals surface area contributed by atoms with Crippen molar-refractivity contribution in [2.75, 3.05) is 20.3 Å². The Morgan fingerprint density at radius 1 is 1.40 bits per heavy atom. The number of methoxy groups -OCH3 is 1. The summed E-state index contributed by atoms with van der Waals surface area (Å²) in [6.07, 6.45) is 0.802. The van der Waals surface area contributed by atoms with Crippen molar-refractivity contribution in [3.63, 3.8) is 0 Å². The average molecular weight is 302 g/mol. The molecule has 0 aliphatic rings. The highest BCUT2D eigenvalue weighted by Gasteiger charge is 2.19. The molecule has 0 bridgehead atoms. The summed E-state index contributed by atoms with van der Waals surface area (Å²) in [4.78, 5) is 22.6. The summed E-state index contributed by atoms with van der Waals surface area (Å²) in [5.74, 6) is -1.40. The number of rotatable bonds is 7. The number of hydrogen-bond acceptors (Lipinski definition) is 4. The van der Waals surface area contributed by atoms with E-state index in [4.69, 9.17) is 26.2 Å². The smallest absolute Gasteiger partial charge is 0.339 e. The molecular weight excluding hydrogens is 286 g/mol. The Morgan fingerprint density at radius 3 is 2.65 bits per heavy atom. The third-order valence-corrected chi connectivity index (χ3v) is 2.61. The van der Waals surface area contributed by atoms with Crippen LogP contribution in [0.15, 0.2) is 12.1 Å². The van der Waals surface area contributed by atoms with Gasteiger partial charge in [-0.05, 0) is 12.5 Å². The number of aromatic carboxylic acids is 1. The number of carboxylic acids is 1. The zero-order chi connectivity index (χ0) is 15.1. The van der Waals surface area contributed by atoms with Crippen molar-refractivity contribution in [2.24, 2.45) is 0 Å². The van der Waals surface area contributed by atoms with Gasteiger partial charge < -0.3 is 19.9 Å². The number of carboxylic acid groups (broad SMARTS) is 1. The summed E-state index contributed by atoms with van der Waals surface area (Å²) in [5, 5.41) is 12.0. The summed E-state index contributed by atoms with van der Waals surface area (Å²) < 4.78 is 10.3. The summed E-state index contributed by atoms with van der Waals surface area (Å²) in [7, 11) is 1.36. The number of nitrogens with one attached hydrogen (secondary N) is 1. The molecule has 0 heterocycles. The molecule has 20 heavy (non-hydrogen) atoms. The predicted octanol–water partition coefficient (Wildman–Crippen LogP) is 1.95. The quantitative estimate of drug-likeness (QED) is 0.804. The highest BCUT2D eigenvalue weighted by Crippen LogP contribution is 2.34. The van der Waals surface area contributed by atoms with Crippen LogP contribution in [0.5, 0.6) is 11.5 Å². The van der Waals surface area contributed by atoms with Gasteiger partial charge >= 0.3 is 5.97 Å². The van der Waals surface area contributed by atoms with Crippen molar-refractivity contribution in [3.8, 4) is 11.5 Å². The van der Waals surface area contributed by atoms with Gasteiger partial charge in [0, 0.05) is 17.6 Å². The van der Waals surface area contributed by atoms with Gasteiger partial charge in [0.15, 0.2) is 18.1 Å². The van der Waals surface area contributed by atoms with Gasteiger partial charge in [0.05, 0.1) is 7.11 Å². The van der Waals surface area contributed by atoms with Crippen LogP contribution in [0.4, 0.5) is 0 Å². The van der Waals surface area contributed by atoms with Crippen LogP contribution in [0.3, 0.4) is 0 Å². The second-order valence-corrected chi connectivity index (χ2v) is 4.36. The molecule has 0 aliphatic heterocycles. The highest BCUT2D eigenvalue weighted by molar-refractivity contribution is 6.31. The van der Waals surface area contributed by atoms with E-state index in [-0.39, 0.29) is 34.6 Å². The minimum atomic E-state index is -1.21. The molecule has 0 saturated heterocycles. The van der Waals surface area contributed by atoms with E-state index in [2.05, 4.69) is 5.32 Å². The largest absolute Gasteiger partial charge is 0.493 e. The molecule has 0 radical (unpaired) electrons. The second-order valence-electron chi connectivity index (χ2n) is 3.93. The van der Waals surface area contributed by atoms with E-state index >= 15 is 0 Å². The van der Waals surface area contributed by atoms with E-state index in [1.807, 2.05) is 6.92 Å². The number of carbonyl (C=O) groups is 2. The molecule has 1 aromatic rings. The topological polar surface area (TPSA) is 84.9 Å². The fourth-order valence-corrected chi connectivity index (χ4v) is 1.69. The molecular formula is C13H16ClNO5. The molecule has 0 fully saturated rings. The number of hydrogen-bond donors (Lipinski definition) is 2. The number of amides is 1. The van der Waals surface area contributed by atoms with Gasteiger partial charge in [-0.15, -0.1) is 0 Å². The fraction of sp³-hybridized carbons (Fsp3) is 0.385. The molecule has 0 aliphatic carbocycles. The SMILES string of the molecule is CCCNC(=O)COc1c(OC)cc(Cl)cc1C(=O)O. The molecule has 110 valence electrons. The van der Waals surface area contributed by atoms with E-state index < -0.39 is 5.97 Å². The molecule has 1 rings (SSSR count). The van der Waals surface area contributed by atoms with Crippen molar-refractivity contribution in [1.29, 1.82) is 0 Å². The molecule has 1 aromatic carbocycles. The lowest BCUT2D eigenvalue weighted by atomic mass is 10.2. The predicted molar refractivity (Wildman–Crippen MR) is 73.8 cm³/mol. The van der Waals surface area contributed by atoms with Crippen molar-refractivity contribution in [2.45, 2.75) is 13.3 Å². The first-order valence-corrected chi connectivity index (χ1v) is 6.37. The Labute approximate surface area is 121 Å². The lowest BCUT2D eigenvalue weighted by Gasteiger charge is -2.13. The highest BCUT2D eigenvalue weighted by atomic mass is 35.5. The molecule has 2 N–H and O–H groups in total. The Kier molecular flexibility index (Phi) is 6.11. The summed E-state index contributed by atoms with van der Waals surface area (Å²) >= 11 is 5.80. The van der Waals surface area contributed by atoms with Gasteiger partial charge in [0.25, 0.3) is 5.91 Å². The molecule has 0 atom stereocenters. The maximum absolute atomic E-state index is 11.5. The second kappa shape index (κ2) is 7.59. The van der Waals surface area contributed by atoms with Crippen molar-refractivity contribution in [1.82, 2.24) is 5.32 Å². The first-order valence-electron chi connectivity index (χ1n) is 5.99. The van der Waals surface area contributed by atoms with Gasteiger partial charge in [0.2, 0.25) is 0 Å². The first kappa shape index (κ1) is 16.1. The van der Waals surface area contributed by atoms with Gasteiger partial charge in [-0.2, -0.15) is 0 Å². The van der Waals surface area contributed by atoms with Gasteiger partial charge in [-0.3, -0.25) is 4.79 Å². The normalized spacial score (nSPS) is 9.95. The van der Waals surface area contributed by atoms with Gasteiger partial charge in [-0.25, -0.2) is 4.79 Å². The average Bonchev–Trinajstić information content (AvgIpc) is 2.42. The number of halogens is 1. The van der Waals surface area contributed by atoms with Crippen LogP contribution < -0.4 is 14.8 Å². The Morgan fingerprint density at radius 2 is 2.10 bits per heavy atom. The zero-order valence-corrected chi connectivity index (χ0v) is 12.0.